The van der Waals surface area contributed by atoms with Crippen LogP contribution in [-0.2, 0) is 9.59 Å². The lowest BCUT2D eigenvalue weighted by atomic mass is 9.48. The van der Waals surface area contributed by atoms with Gasteiger partial charge in [0.15, 0.2) is 0 Å². The number of hydrogen-bond donors (Lipinski definition) is 2. The summed E-state index contributed by atoms with van der Waals surface area (Å²) >= 11 is 0. The van der Waals surface area contributed by atoms with E-state index in [9.17, 15) is 14.9 Å². The van der Waals surface area contributed by atoms with Crippen LogP contribution >= 0.6 is 0 Å². The van der Waals surface area contributed by atoms with Crippen molar-refractivity contribution in [1.29, 1.82) is 5.26 Å². The van der Waals surface area contributed by atoms with Crippen LogP contribution in [0.4, 0.5) is 0 Å². The van der Waals surface area contributed by atoms with Gasteiger partial charge in [-0.1, -0.05) is 33.8 Å². The van der Waals surface area contributed by atoms with E-state index in [0.717, 1.165) is 38.5 Å². The lowest BCUT2D eigenvalue weighted by Gasteiger charge is -2.58. The highest BCUT2D eigenvalue weighted by Gasteiger charge is 2.61. The Morgan fingerprint density at radius 2 is 1.93 bits per heavy atom. The van der Waals surface area contributed by atoms with Gasteiger partial charge in [0.25, 0.3) is 0 Å². The maximum atomic E-state index is 13.4. The zero-order chi connectivity index (χ0) is 21.7. The fourth-order valence-corrected chi connectivity index (χ4v) is 7.70. The summed E-state index contributed by atoms with van der Waals surface area (Å²) in [5.74, 6) is 1.87. The minimum atomic E-state index is -0.737. The third-order valence-corrected chi connectivity index (χ3v) is 9.79. The summed E-state index contributed by atoms with van der Waals surface area (Å²) in [5, 5.41) is 16.0. The first kappa shape index (κ1) is 21.4. The van der Waals surface area contributed by atoms with Gasteiger partial charge in [-0.05, 0) is 80.6 Å². The molecule has 1 heterocycles. The maximum absolute atomic E-state index is 13.4. The highest BCUT2D eigenvalue weighted by atomic mass is 16.2. The second-order valence-corrected chi connectivity index (χ2v) is 10.8. The third-order valence-electron chi connectivity index (χ3n) is 9.79. The quantitative estimate of drug-likeness (QED) is 0.731. The van der Waals surface area contributed by atoms with E-state index in [-0.39, 0.29) is 34.6 Å². The largest absolute Gasteiger partial charge is 0.349 e. The van der Waals surface area contributed by atoms with Gasteiger partial charge >= 0.3 is 0 Å². The van der Waals surface area contributed by atoms with Gasteiger partial charge in [-0.25, -0.2) is 0 Å². The molecule has 0 unspecified atom stereocenters. The zero-order valence-electron chi connectivity index (χ0n) is 19.0. The van der Waals surface area contributed by atoms with E-state index >= 15 is 0 Å². The molecule has 1 aliphatic heterocycles. The molecule has 3 saturated carbocycles. The van der Waals surface area contributed by atoms with Gasteiger partial charge in [0.05, 0.1) is 6.07 Å². The van der Waals surface area contributed by atoms with Crippen molar-refractivity contribution in [3.63, 3.8) is 0 Å². The second-order valence-electron chi connectivity index (χ2n) is 10.8. The van der Waals surface area contributed by atoms with Crippen molar-refractivity contribution in [3.05, 3.63) is 12.2 Å². The summed E-state index contributed by atoms with van der Waals surface area (Å²) in [6.45, 7) is 8.62. The first-order valence-corrected chi connectivity index (χ1v) is 12.0. The standard InChI is InChI=1S/C25H37N3O2/c1-5-25(6-2,15-26)28-22(30)19-9-8-17-16-7-10-20-24(4,14-12-21(29)27-20)18(16)11-13-23(17,19)3/h12,14,16-20H,5-11,13H2,1-4H3,(H,27,29)(H,28,30)/t16-,17-,18-,19+,20+,23-,24+/m0/s1. The monoisotopic (exact) mass is 411 g/mol. The fourth-order valence-electron chi connectivity index (χ4n) is 7.70. The molecule has 5 heteroatoms. The average Bonchev–Trinajstić information content (AvgIpc) is 3.10. The molecule has 3 fully saturated rings. The molecule has 0 aromatic carbocycles. The summed E-state index contributed by atoms with van der Waals surface area (Å²) < 4.78 is 0. The average molecular weight is 412 g/mol. The Kier molecular flexibility index (Phi) is 5.27. The lowest BCUT2D eigenvalue weighted by Crippen LogP contribution is -2.60. The molecular weight excluding hydrogens is 374 g/mol. The molecule has 0 aromatic heterocycles. The molecule has 164 valence electrons. The molecule has 5 nitrogen and oxygen atoms in total. The number of hydrogen-bond acceptors (Lipinski definition) is 3. The Morgan fingerprint density at radius 3 is 2.60 bits per heavy atom. The van der Waals surface area contributed by atoms with Gasteiger partial charge in [0, 0.05) is 17.4 Å². The Morgan fingerprint density at radius 1 is 1.20 bits per heavy atom. The summed E-state index contributed by atoms with van der Waals surface area (Å²) in [6.07, 6.45) is 11.6. The van der Waals surface area contributed by atoms with Gasteiger partial charge in [-0.3, -0.25) is 9.59 Å². The molecule has 4 aliphatic rings. The van der Waals surface area contributed by atoms with Gasteiger partial charge in [0.2, 0.25) is 11.8 Å². The number of carbonyl (C=O) groups is 2. The lowest BCUT2D eigenvalue weighted by molar-refractivity contribution is -0.135. The Balaban J connectivity index is 1.56. The van der Waals surface area contributed by atoms with Crippen LogP contribution in [0.5, 0.6) is 0 Å². The fraction of sp³-hybridized carbons (Fsp3) is 0.800. The SMILES string of the molecule is CCC(C#N)(CC)NC(=O)[C@H]1CC[C@H]2[C@@H]3CC[C@H]4NC(=O)C=C[C@]4(C)[C@H]3CC[C@]12C. The molecule has 0 radical (unpaired) electrons. The van der Waals surface area contributed by atoms with E-state index in [4.69, 9.17) is 0 Å². The smallest absolute Gasteiger partial charge is 0.243 e. The van der Waals surface area contributed by atoms with Crippen LogP contribution in [0.2, 0.25) is 0 Å². The summed E-state index contributed by atoms with van der Waals surface area (Å²) in [7, 11) is 0. The first-order chi connectivity index (χ1) is 14.2. The minimum Gasteiger partial charge on any atom is -0.349 e. The number of fused-ring (bicyclic) bond motifs is 5. The molecule has 7 atom stereocenters. The molecular formula is C25H37N3O2. The Labute approximate surface area is 181 Å². The van der Waals surface area contributed by atoms with Crippen LogP contribution in [0.25, 0.3) is 0 Å². The molecule has 30 heavy (non-hydrogen) atoms. The maximum Gasteiger partial charge on any atom is 0.243 e. The Hall–Kier alpha value is -1.83. The number of nitrogens with one attached hydrogen (secondary N) is 2. The predicted octanol–water partition coefficient (Wildman–Crippen LogP) is 4.10. The van der Waals surface area contributed by atoms with E-state index in [0.29, 0.717) is 30.6 Å². The van der Waals surface area contributed by atoms with E-state index in [1.54, 1.807) is 6.08 Å². The van der Waals surface area contributed by atoms with Crippen LogP contribution in [-0.4, -0.2) is 23.4 Å². The normalized spacial score (nSPS) is 42.4. The van der Waals surface area contributed by atoms with Crippen LogP contribution in [0.15, 0.2) is 12.2 Å². The van der Waals surface area contributed by atoms with E-state index < -0.39 is 5.54 Å². The van der Waals surface area contributed by atoms with Crippen LogP contribution in [0.1, 0.15) is 79.1 Å². The van der Waals surface area contributed by atoms with Crippen molar-refractivity contribution in [1.82, 2.24) is 10.6 Å². The predicted molar refractivity (Wildman–Crippen MR) is 116 cm³/mol. The molecule has 3 aliphatic carbocycles. The molecule has 0 spiro atoms. The number of amides is 2. The van der Waals surface area contributed by atoms with Crippen molar-refractivity contribution in [2.45, 2.75) is 90.6 Å². The van der Waals surface area contributed by atoms with Crippen LogP contribution in [0.3, 0.4) is 0 Å². The summed E-state index contributed by atoms with van der Waals surface area (Å²) in [5.41, 5.74) is -0.697. The van der Waals surface area contributed by atoms with Gasteiger partial charge in [-0.15, -0.1) is 0 Å². The van der Waals surface area contributed by atoms with E-state index in [1.807, 2.05) is 13.8 Å². The summed E-state index contributed by atoms with van der Waals surface area (Å²) in [6, 6.07) is 2.61. The van der Waals surface area contributed by atoms with Gasteiger partial charge in [-0.2, -0.15) is 5.26 Å². The van der Waals surface area contributed by atoms with Crippen LogP contribution < -0.4 is 10.6 Å². The molecule has 0 aromatic rings. The zero-order valence-corrected chi connectivity index (χ0v) is 19.0. The van der Waals surface area contributed by atoms with Gasteiger partial charge < -0.3 is 10.6 Å². The highest BCUT2D eigenvalue weighted by molar-refractivity contribution is 5.89. The number of nitrogens with zero attached hydrogens (tertiary/aromatic N) is 1. The van der Waals surface area contributed by atoms with Crippen molar-refractivity contribution < 1.29 is 9.59 Å². The minimum absolute atomic E-state index is 0.00130. The topological polar surface area (TPSA) is 82.0 Å². The third kappa shape index (κ3) is 3.01. The number of carbonyl (C=O) groups excluding carboxylic acids is 2. The molecule has 0 bridgehead atoms. The van der Waals surface area contributed by atoms with Crippen LogP contribution in [0, 0.1) is 45.8 Å². The molecule has 2 N–H and O–H groups in total. The number of rotatable bonds is 4. The van der Waals surface area contributed by atoms with Crippen molar-refractivity contribution in [2.24, 2.45) is 34.5 Å². The van der Waals surface area contributed by atoms with E-state index in [1.165, 1.54) is 0 Å². The second kappa shape index (κ2) is 7.39. The van der Waals surface area contributed by atoms with Gasteiger partial charge in [0.1, 0.15) is 5.54 Å². The highest BCUT2D eigenvalue weighted by Crippen LogP contribution is 2.65. The molecule has 0 saturated heterocycles. The Bertz CT molecular complexity index is 795. The van der Waals surface area contributed by atoms with E-state index in [2.05, 4.69) is 36.6 Å². The molecule has 4 rings (SSSR count). The van der Waals surface area contributed by atoms with Crippen molar-refractivity contribution in [3.8, 4) is 6.07 Å². The molecule has 2 amide bonds. The summed E-state index contributed by atoms with van der Waals surface area (Å²) in [4.78, 5) is 25.3. The van der Waals surface area contributed by atoms with Crippen molar-refractivity contribution >= 4 is 11.8 Å². The first-order valence-electron chi connectivity index (χ1n) is 12.0. The van der Waals surface area contributed by atoms with Crippen molar-refractivity contribution in [2.75, 3.05) is 0 Å². The number of nitriles is 1.